The average Bonchev–Trinajstić information content (AvgIpc) is 2.29. The third kappa shape index (κ3) is 3.85. The molecule has 1 atom stereocenters. The van der Waals surface area contributed by atoms with E-state index in [-0.39, 0.29) is 5.92 Å². The molecule has 1 aromatic rings. The molecule has 0 saturated carbocycles. The molecule has 86 valence electrons. The van der Waals surface area contributed by atoms with Crippen molar-refractivity contribution in [3.63, 3.8) is 0 Å². The normalized spacial score (nSPS) is 12.2. The minimum Gasteiger partial charge on any atom is -0.308 e. The SMILES string of the molecule is CC(C#N)CN(C)Cc1ccc(NN)nc1. The zero-order chi connectivity index (χ0) is 12.0. The Balaban J connectivity index is 2.50. The number of nitrogen functional groups attached to an aromatic ring is 1. The molecule has 1 unspecified atom stereocenters. The van der Waals surface area contributed by atoms with Gasteiger partial charge in [-0.05, 0) is 25.6 Å². The van der Waals surface area contributed by atoms with Crippen LogP contribution in [0.1, 0.15) is 12.5 Å². The summed E-state index contributed by atoms with van der Waals surface area (Å²) in [5, 5.41) is 8.71. The van der Waals surface area contributed by atoms with E-state index in [1.807, 2.05) is 26.1 Å². The van der Waals surface area contributed by atoms with Gasteiger partial charge in [-0.2, -0.15) is 5.26 Å². The first-order valence-corrected chi connectivity index (χ1v) is 5.15. The molecule has 0 amide bonds. The molecule has 0 aliphatic carbocycles. The average molecular weight is 219 g/mol. The van der Waals surface area contributed by atoms with Gasteiger partial charge in [0.1, 0.15) is 5.82 Å². The fraction of sp³-hybridized carbons (Fsp3) is 0.455. The molecule has 16 heavy (non-hydrogen) atoms. The summed E-state index contributed by atoms with van der Waals surface area (Å²) < 4.78 is 0. The largest absolute Gasteiger partial charge is 0.308 e. The molecule has 0 bridgehead atoms. The van der Waals surface area contributed by atoms with Gasteiger partial charge < -0.3 is 10.3 Å². The second-order valence-electron chi connectivity index (χ2n) is 3.92. The molecule has 5 heteroatoms. The molecule has 1 heterocycles. The summed E-state index contributed by atoms with van der Waals surface area (Å²) in [4.78, 5) is 6.22. The molecule has 0 aliphatic rings. The third-order valence-electron chi connectivity index (χ3n) is 2.23. The third-order valence-corrected chi connectivity index (χ3v) is 2.23. The lowest BCUT2D eigenvalue weighted by Gasteiger charge is -2.17. The summed E-state index contributed by atoms with van der Waals surface area (Å²) in [7, 11) is 1.99. The van der Waals surface area contributed by atoms with Gasteiger partial charge in [0.15, 0.2) is 0 Å². The van der Waals surface area contributed by atoms with Crippen LogP contribution in [0.25, 0.3) is 0 Å². The lowest BCUT2D eigenvalue weighted by Crippen LogP contribution is -2.23. The molecule has 0 aliphatic heterocycles. The highest BCUT2D eigenvalue weighted by Gasteiger charge is 2.05. The van der Waals surface area contributed by atoms with Crippen LogP contribution in [0.3, 0.4) is 0 Å². The number of aromatic nitrogens is 1. The summed E-state index contributed by atoms with van der Waals surface area (Å²) in [5.74, 6) is 5.92. The van der Waals surface area contributed by atoms with Crippen molar-refractivity contribution in [3.8, 4) is 6.07 Å². The Morgan fingerprint density at radius 2 is 2.38 bits per heavy atom. The van der Waals surface area contributed by atoms with Gasteiger partial charge >= 0.3 is 0 Å². The van der Waals surface area contributed by atoms with E-state index in [1.54, 1.807) is 6.20 Å². The van der Waals surface area contributed by atoms with Crippen LogP contribution in [-0.2, 0) is 6.54 Å². The van der Waals surface area contributed by atoms with E-state index in [9.17, 15) is 0 Å². The molecule has 0 fully saturated rings. The number of nitrogens with one attached hydrogen (secondary N) is 1. The van der Waals surface area contributed by atoms with Gasteiger partial charge in [0, 0.05) is 19.3 Å². The maximum atomic E-state index is 8.71. The van der Waals surface area contributed by atoms with E-state index in [0.717, 1.165) is 18.7 Å². The summed E-state index contributed by atoms with van der Waals surface area (Å²) in [6.45, 7) is 3.45. The molecule has 3 N–H and O–H groups in total. The predicted molar refractivity (Wildman–Crippen MR) is 63.2 cm³/mol. The summed E-state index contributed by atoms with van der Waals surface area (Å²) in [6.07, 6.45) is 1.78. The van der Waals surface area contributed by atoms with Gasteiger partial charge in [-0.15, -0.1) is 0 Å². The van der Waals surface area contributed by atoms with Gasteiger partial charge in [-0.25, -0.2) is 10.8 Å². The molecule has 0 spiro atoms. The number of hydrazine groups is 1. The molecule has 0 aromatic carbocycles. The Bertz CT molecular complexity index is 354. The lowest BCUT2D eigenvalue weighted by atomic mass is 10.2. The first-order chi connectivity index (χ1) is 7.65. The first-order valence-electron chi connectivity index (χ1n) is 5.15. The molecule has 1 aromatic heterocycles. The van der Waals surface area contributed by atoms with E-state index < -0.39 is 0 Å². The first kappa shape index (κ1) is 12.4. The smallest absolute Gasteiger partial charge is 0.139 e. The molecule has 1 rings (SSSR count). The van der Waals surface area contributed by atoms with Crippen LogP contribution in [0, 0.1) is 17.2 Å². The lowest BCUT2D eigenvalue weighted by molar-refractivity contribution is 0.303. The molecule has 5 nitrogen and oxygen atoms in total. The summed E-state index contributed by atoms with van der Waals surface area (Å²) in [5.41, 5.74) is 3.58. The van der Waals surface area contributed by atoms with Crippen LogP contribution in [0.15, 0.2) is 18.3 Å². The van der Waals surface area contributed by atoms with Gasteiger partial charge in [-0.1, -0.05) is 6.07 Å². The van der Waals surface area contributed by atoms with E-state index in [0.29, 0.717) is 5.82 Å². The quantitative estimate of drug-likeness (QED) is 0.569. The van der Waals surface area contributed by atoms with E-state index in [2.05, 4.69) is 21.4 Å². The number of pyridine rings is 1. The van der Waals surface area contributed by atoms with E-state index in [1.165, 1.54) is 0 Å². The van der Waals surface area contributed by atoms with Crippen molar-refractivity contribution in [1.82, 2.24) is 9.88 Å². The van der Waals surface area contributed by atoms with Gasteiger partial charge in [-0.3, -0.25) is 0 Å². The summed E-state index contributed by atoms with van der Waals surface area (Å²) >= 11 is 0. The number of nitriles is 1. The van der Waals surface area contributed by atoms with Crippen molar-refractivity contribution >= 4 is 5.82 Å². The van der Waals surface area contributed by atoms with Crippen molar-refractivity contribution in [2.24, 2.45) is 11.8 Å². The topological polar surface area (TPSA) is 78.0 Å². The molecule has 0 saturated heterocycles. The van der Waals surface area contributed by atoms with Crippen molar-refractivity contribution in [3.05, 3.63) is 23.9 Å². The van der Waals surface area contributed by atoms with Crippen molar-refractivity contribution in [2.75, 3.05) is 19.0 Å². The Hall–Kier alpha value is -1.64. The van der Waals surface area contributed by atoms with Crippen LogP contribution in [0.2, 0.25) is 0 Å². The van der Waals surface area contributed by atoms with Gasteiger partial charge in [0.2, 0.25) is 0 Å². The standard InChI is InChI=1S/C11H17N5/c1-9(5-12)7-16(2)8-10-3-4-11(15-13)14-6-10/h3-4,6,9H,7-8,13H2,1-2H3,(H,14,15). The number of hydrogen-bond acceptors (Lipinski definition) is 5. The van der Waals surface area contributed by atoms with Gasteiger partial charge in [0.25, 0.3) is 0 Å². The molecular formula is C11H17N5. The predicted octanol–water partition coefficient (Wildman–Crippen LogP) is 0.959. The molecule has 0 radical (unpaired) electrons. The maximum absolute atomic E-state index is 8.71. The second-order valence-corrected chi connectivity index (χ2v) is 3.92. The number of rotatable bonds is 5. The minimum atomic E-state index is 0.0444. The van der Waals surface area contributed by atoms with Gasteiger partial charge in [0.05, 0.1) is 12.0 Å². The maximum Gasteiger partial charge on any atom is 0.139 e. The number of nitrogens with zero attached hydrogens (tertiary/aromatic N) is 3. The highest BCUT2D eigenvalue weighted by molar-refractivity contribution is 5.33. The Labute approximate surface area is 95.9 Å². The second kappa shape index (κ2) is 6.05. The van der Waals surface area contributed by atoms with Crippen molar-refractivity contribution in [2.45, 2.75) is 13.5 Å². The Morgan fingerprint density at radius 1 is 1.62 bits per heavy atom. The highest BCUT2D eigenvalue weighted by Crippen LogP contribution is 2.07. The minimum absolute atomic E-state index is 0.0444. The monoisotopic (exact) mass is 219 g/mol. The van der Waals surface area contributed by atoms with Crippen molar-refractivity contribution < 1.29 is 0 Å². The number of nitrogens with two attached hydrogens (primary N) is 1. The Morgan fingerprint density at radius 3 is 2.88 bits per heavy atom. The van der Waals surface area contributed by atoms with Crippen LogP contribution in [-0.4, -0.2) is 23.5 Å². The fourth-order valence-electron chi connectivity index (χ4n) is 1.49. The zero-order valence-corrected chi connectivity index (χ0v) is 9.64. The number of anilines is 1. The molecular weight excluding hydrogens is 202 g/mol. The number of hydrogen-bond donors (Lipinski definition) is 2. The van der Waals surface area contributed by atoms with E-state index >= 15 is 0 Å². The Kier molecular flexibility index (Phi) is 4.70. The van der Waals surface area contributed by atoms with Crippen LogP contribution in [0.5, 0.6) is 0 Å². The van der Waals surface area contributed by atoms with Crippen LogP contribution >= 0.6 is 0 Å². The van der Waals surface area contributed by atoms with Crippen molar-refractivity contribution in [1.29, 1.82) is 5.26 Å². The summed E-state index contributed by atoms with van der Waals surface area (Å²) in [6, 6.07) is 6.01. The highest BCUT2D eigenvalue weighted by atomic mass is 15.2. The zero-order valence-electron chi connectivity index (χ0n) is 9.64. The van der Waals surface area contributed by atoms with Crippen LogP contribution in [0.4, 0.5) is 5.82 Å². The van der Waals surface area contributed by atoms with Crippen LogP contribution < -0.4 is 11.3 Å². The van der Waals surface area contributed by atoms with E-state index in [4.69, 9.17) is 11.1 Å². The fourth-order valence-corrected chi connectivity index (χ4v) is 1.49.